The van der Waals surface area contributed by atoms with Gasteiger partial charge in [-0.2, -0.15) is 0 Å². The van der Waals surface area contributed by atoms with Gasteiger partial charge < -0.3 is 10.4 Å². The summed E-state index contributed by atoms with van der Waals surface area (Å²) >= 11 is 0. The van der Waals surface area contributed by atoms with Gasteiger partial charge in [-0.25, -0.2) is 13.1 Å². The van der Waals surface area contributed by atoms with Crippen LogP contribution in [0.1, 0.15) is 44.0 Å². The van der Waals surface area contributed by atoms with Crippen molar-refractivity contribution in [3.05, 3.63) is 29.8 Å². The number of amides is 1. The van der Waals surface area contributed by atoms with Crippen LogP contribution < -0.4 is 10.0 Å². The van der Waals surface area contributed by atoms with Crippen LogP contribution in [-0.4, -0.2) is 61.5 Å². The number of likely N-dealkylation sites (N-methyl/N-ethyl adjacent to an activating group) is 1. The van der Waals surface area contributed by atoms with Crippen molar-refractivity contribution in [3.63, 3.8) is 0 Å². The van der Waals surface area contributed by atoms with Gasteiger partial charge in [0.15, 0.2) is 0 Å². The molecule has 8 nitrogen and oxygen atoms in total. The Hall–Kier alpha value is -1.97. The first kappa shape index (κ1) is 21.3. The standard InChI is InChI=1S/C18H27N3O5S/c1-4-21(11-17(22)23)15-9-14(10-15)19-18(24)13-5-7-16(8-6-13)27(25,26)20-12(2)3/h5-8,12,14-15,20H,4,9-11H2,1-3H3,(H,19,24)(H,22,23). The van der Waals surface area contributed by atoms with Crippen LogP contribution in [0.2, 0.25) is 0 Å². The van der Waals surface area contributed by atoms with Crippen LogP contribution in [0.3, 0.4) is 0 Å². The summed E-state index contributed by atoms with van der Waals surface area (Å²) in [6.07, 6.45) is 1.41. The highest BCUT2D eigenvalue weighted by molar-refractivity contribution is 7.89. The Morgan fingerprint density at radius 1 is 1.22 bits per heavy atom. The number of nitrogens with zero attached hydrogens (tertiary/aromatic N) is 1. The molecule has 0 bridgehead atoms. The van der Waals surface area contributed by atoms with Crippen molar-refractivity contribution in [2.45, 2.75) is 56.6 Å². The number of rotatable bonds is 9. The number of carboxylic acids is 1. The number of benzene rings is 1. The van der Waals surface area contributed by atoms with E-state index in [1.54, 1.807) is 13.8 Å². The number of aliphatic carboxylic acids is 1. The number of sulfonamides is 1. The smallest absolute Gasteiger partial charge is 0.317 e. The van der Waals surface area contributed by atoms with Crippen LogP contribution >= 0.6 is 0 Å². The van der Waals surface area contributed by atoms with E-state index < -0.39 is 16.0 Å². The molecule has 1 aliphatic carbocycles. The Kier molecular flexibility index (Phi) is 6.96. The third-order valence-electron chi connectivity index (χ3n) is 4.53. The molecule has 0 atom stereocenters. The zero-order chi connectivity index (χ0) is 20.2. The molecule has 0 aliphatic heterocycles. The Morgan fingerprint density at radius 2 is 1.81 bits per heavy atom. The van der Waals surface area contributed by atoms with Gasteiger partial charge in [-0.3, -0.25) is 14.5 Å². The van der Waals surface area contributed by atoms with Crippen LogP contribution in [0, 0.1) is 0 Å². The maximum atomic E-state index is 12.3. The highest BCUT2D eigenvalue weighted by atomic mass is 32.2. The summed E-state index contributed by atoms with van der Waals surface area (Å²) in [5.41, 5.74) is 0.389. The molecule has 1 amide bonds. The molecule has 1 aliphatic rings. The molecule has 0 heterocycles. The lowest BCUT2D eigenvalue weighted by Gasteiger charge is -2.42. The van der Waals surface area contributed by atoms with Crippen LogP contribution in [0.5, 0.6) is 0 Å². The molecule has 27 heavy (non-hydrogen) atoms. The van der Waals surface area contributed by atoms with Crippen molar-refractivity contribution in [2.24, 2.45) is 0 Å². The molecule has 0 radical (unpaired) electrons. The first-order chi connectivity index (χ1) is 12.6. The van der Waals surface area contributed by atoms with Crippen molar-refractivity contribution in [1.82, 2.24) is 14.9 Å². The highest BCUT2D eigenvalue weighted by Crippen LogP contribution is 2.26. The van der Waals surface area contributed by atoms with Gasteiger partial charge in [-0.05, 0) is 57.5 Å². The average molecular weight is 397 g/mol. The first-order valence-corrected chi connectivity index (χ1v) is 10.5. The van der Waals surface area contributed by atoms with Crippen molar-refractivity contribution in [2.75, 3.05) is 13.1 Å². The lowest BCUT2D eigenvalue weighted by molar-refractivity contribution is -0.139. The number of carbonyl (C=O) groups excluding carboxylic acids is 1. The zero-order valence-corrected chi connectivity index (χ0v) is 16.6. The zero-order valence-electron chi connectivity index (χ0n) is 15.8. The largest absolute Gasteiger partial charge is 0.480 e. The molecule has 1 aromatic rings. The minimum absolute atomic E-state index is 0.00216. The maximum Gasteiger partial charge on any atom is 0.317 e. The number of carbonyl (C=O) groups is 2. The fourth-order valence-corrected chi connectivity index (χ4v) is 4.36. The van der Waals surface area contributed by atoms with Crippen molar-refractivity contribution < 1.29 is 23.1 Å². The van der Waals surface area contributed by atoms with Gasteiger partial charge in [0.05, 0.1) is 11.4 Å². The first-order valence-electron chi connectivity index (χ1n) is 9.01. The van der Waals surface area contributed by atoms with Crippen LogP contribution in [-0.2, 0) is 14.8 Å². The van der Waals surface area contributed by atoms with E-state index in [2.05, 4.69) is 10.0 Å². The normalized spacial score (nSPS) is 19.7. The van der Waals surface area contributed by atoms with E-state index in [0.29, 0.717) is 24.9 Å². The quantitative estimate of drug-likeness (QED) is 0.573. The van der Waals surface area contributed by atoms with E-state index in [9.17, 15) is 18.0 Å². The molecule has 1 fully saturated rings. The molecule has 0 spiro atoms. The van der Waals surface area contributed by atoms with Crippen LogP contribution in [0.25, 0.3) is 0 Å². The Bertz CT molecular complexity index is 771. The predicted octanol–water partition coefficient (Wildman–Crippen LogP) is 1.04. The van der Waals surface area contributed by atoms with Gasteiger partial charge in [0.1, 0.15) is 0 Å². The van der Waals surface area contributed by atoms with E-state index in [4.69, 9.17) is 5.11 Å². The lowest BCUT2D eigenvalue weighted by atomic mass is 9.85. The summed E-state index contributed by atoms with van der Waals surface area (Å²) in [6.45, 7) is 6.04. The number of carboxylic acid groups (broad SMARTS) is 1. The van der Waals surface area contributed by atoms with E-state index in [0.717, 1.165) is 0 Å². The third-order valence-corrected chi connectivity index (χ3v) is 6.20. The maximum absolute atomic E-state index is 12.3. The molecule has 150 valence electrons. The molecule has 0 saturated heterocycles. The van der Waals surface area contributed by atoms with Crippen molar-refractivity contribution in [1.29, 1.82) is 0 Å². The Morgan fingerprint density at radius 3 is 2.30 bits per heavy atom. The topological polar surface area (TPSA) is 116 Å². The predicted molar refractivity (Wildman–Crippen MR) is 101 cm³/mol. The van der Waals surface area contributed by atoms with Gasteiger partial charge in [0, 0.05) is 23.7 Å². The molecule has 9 heteroatoms. The summed E-state index contributed by atoms with van der Waals surface area (Å²) in [5.74, 6) is -1.12. The van der Waals surface area contributed by atoms with Gasteiger partial charge >= 0.3 is 5.97 Å². The average Bonchev–Trinajstić information content (AvgIpc) is 2.54. The van der Waals surface area contributed by atoms with Gasteiger partial charge in [0.2, 0.25) is 10.0 Å². The van der Waals surface area contributed by atoms with Gasteiger partial charge in [-0.15, -0.1) is 0 Å². The molecule has 2 rings (SSSR count). The summed E-state index contributed by atoms with van der Waals surface area (Å²) in [5, 5.41) is 11.8. The summed E-state index contributed by atoms with van der Waals surface area (Å²) in [4.78, 5) is 25.2. The molecule has 0 aromatic heterocycles. The monoisotopic (exact) mass is 397 g/mol. The fraction of sp³-hybridized carbons (Fsp3) is 0.556. The lowest BCUT2D eigenvalue weighted by Crippen LogP contribution is -2.54. The SMILES string of the molecule is CCN(CC(=O)O)C1CC(NC(=O)c2ccc(S(=O)(=O)NC(C)C)cc2)C1. The molecule has 3 N–H and O–H groups in total. The van der Waals surface area contributed by atoms with E-state index >= 15 is 0 Å². The Balaban J connectivity index is 1.90. The fourth-order valence-electron chi connectivity index (χ4n) is 3.11. The summed E-state index contributed by atoms with van der Waals surface area (Å²) in [7, 11) is -3.58. The van der Waals surface area contributed by atoms with Crippen LogP contribution in [0.4, 0.5) is 0 Å². The van der Waals surface area contributed by atoms with Gasteiger partial charge in [0.25, 0.3) is 5.91 Å². The number of hydrogen-bond acceptors (Lipinski definition) is 5. The van der Waals surface area contributed by atoms with Crippen LogP contribution in [0.15, 0.2) is 29.2 Å². The van der Waals surface area contributed by atoms with Crippen molar-refractivity contribution in [3.8, 4) is 0 Å². The van der Waals surface area contributed by atoms with Crippen molar-refractivity contribution >= 4 is 21.9 Å². The second-order valence-corrected chi connectivity index (χ2v) is 8.77. The molecule has 1 saturated carbocycles. The van der Waals surface area contributed by atoms with E-state index in [-0.39, 0.29) is 35.5 Å². The molecule has 1 aromatic carbocycles. The van der Waals surface area contributed by atoms with E-state index in [1.165, 1.54) is 24.3 Å². The van der Waals surface area contributed by atoms with E-state index in [1.807, 2.05) is 11.8 Å². The second-order valence-electron chi connectivity index (χ2n) is 7.05. The number of nitrogens with one attached hydrogen (secondary N) is 2. The molecule has 0 unspecified atom stereocenters. The van der Waals surface area contributed by atoms with Gasteiger partial charge in [-0.1, -0.05) is 6.92 Å². The summed E-state index contributed by atoms with van der Waals surface area (Å²) in [6, 6.07) is 5.74. The Labute approximate surface area is 160 Å². The highest BCUT2D eigenvalue weighted by Gasteiger charge is 2.34. The third kappa shape index (κ3) is 5.75. The minimum atomic E-state index is -3.58. The minimum Gasteiger partial charge on any atom is -0.480 e. The second kappa shape index (κ2) is 8.81. The summed E-state index contributed by atoms with van der Waals surface area (Å²) < 4.78 is 26.7. The number of hydrogen-bond donors (Lipinski definition) is 3. The molecular weight excluding hydrogens is 370 g/mol. The molecular formula is C18H27N3O5S.